The molecule has 1 heterocycles. The molecule has 2 aromatic rings. The molecule has 7 heteroatoms. The lowest BCUT2D eigenvalue weighted by Crippen LogP contribution is -2.14. The molecular weight excluding hydrogens is 278 g/mol. The van der Waals surface area contributed by atoms with Crippen LogP contribution in [0.5, 0.6) is 5.75 Å². The Hall–Kier alpha value is -2.02. The number of aromatic nitrogens is 2. The van der Waals surface area contributed by atoms with E-state index in [1.54, 1.807) is 30.5 Å². The zero-order chi connectivity index (χ0) is 14.9. The van der Waals surface area contributed by atoms with Crippen molar-refractivity contribution in [1.29, 1.82) is 0 Å². The van der Waals surface area contributed by atoms with Crippen molar-refractivity contribution in [3.05, 3.63) is 35.8 Å². The van der Waals surface area contributed by atoms with Gasteiger partial charge in [0.1, 0.15) is 11.6 Å². The Labute approximate surface area is 118 Å². The largest absolute Gasteiger partial charge is 0.508 e. The van der Waals surface area contributed by atoms with Gasteiger partial charge in [0.15, 0.2) is 5.03 Å². The number of phenolic OH excluding ortho intramolecular Hbond substituents is 1. The van der Waals surface area contributed by atoms with E-state index in [1.165, 1.54) is 12.3 Å². The highest BCUT2D eigenvalue weighted by Gasteiger charge is 2.20. The Kier molecular flexibility index (Phi) is 3.71. The smallest absolute Gasteiger partial charge is 0.280 e. The molecule has 0 atom stereocenters. The van der Waals surface area contributed by atoms with E-state index in [-0.39, 0.29) is 10.8 Å². The maximum absolute atomic E-state index is 12.3. The molecule has 0 amide bonds. The van der Waals surface area contributed by atoms with Gasteiger partial charge in [-0.05, 0) is 32.9 Å². The summed E-state index contributed by atoms with van der Waals surface area (Å²) in [6, 6.07) is 4.68. The third kappa shape index (κ3) is 2.62. The van der Waals surface area contributed by atoms with E-state index in [4.69, 9.17) is 0 Å². The van der Waals surface area contributed by atoms with Crippen LogP contribution in [-0.4, -0.2) is 23.1 Å². The van der Waals surface area contributed by atoms with Gasteiger partial charge in [0.05, 0.1) is 5.69 Å². The minimum Gasteiger partial charge on any atom is -0.508 e. The second-order valence-electron chi connectivity index (χ2n) is 4.47. The first kappa shape index (κ1) is 14.4. The minimum atomic E-state index is -3.76. The number of hydrogen-bond donors (Lipinski definition) is 2. The normalized spacial score (nSPS) is 11.6. The van der Waals surface area contributed by atoms with E-state index >= 15 is 0 Å². The number of rotatable bonds is 4. The predicted molar refractivity (Wildman–Crippen MR) is 76.3 cm³/mol. The molecule has 1 aromatic heterocycles. The quantitative estimate of drug-likeness (QED) is 0.904. The Balaban J connectivity index is 2.38. The number of aromatic hydroxyl groups is 1. The second kappa shape index (κ2) is 5.16. The van der Waals surface area contributed by atoms with E-state index in [1.807, 2.05) is 6.92 Å². The van der Waals surface area contributed by atoms with Crippen molar-refractivity contribution in [3.8, 4) is 5.75 Å². The molecule has 108 valence electrons. The van der Waals surface area contributed by atoms with Crippen LogP contribution >= 0.6 is 0 Å². The van der Waals surface area contributed by atoms with Gasteiger partial charge in [-0.3, -0.25) is 4.72 Å². The summed E-state index contributed by atoms with van der Waals surface area (Å²) in [5.74, 6) is 0.681. The first-order valence-corrected chi connectivity index (χ1v) is 7.68. The van der Waals surface area contributed by atoms with Gasteiger partial charge in [-0.2, -0.15) is 8.42 Å². The summed E-state index contributed by atoms with van der Waals surface area (Å²) < 4.78 is 28.8. The summed E-state index contributed by atoms with van der Waals surface area (Å²) in [5, 5.41) is 9.57. The molecule has 20 heavy (non-hydrogen) atoms. The fraction of sp³-hybridized carbons (Fsp3) is 0.308. The van der Waals surface area contributed by atoms with Crippen molar-refractivity contribution in [2.45, 2.75) is 32.3 Å². The molecule has 0 aliphatic rings. The maximum Gasteiger partial charge on any atom is 0.280 e. The van der Waals surface area contributed by atoms with Gasteiger partial charge in [-0.25, -0.2) is 4.98 Å². The molecule has 0 bridgehead atoms. The fourth-order valence-electron chi connectivity index (χ4n) is 1.86. The molecule has 1 aromatic carbocycles. The zero-order valence-corrected chi connectivity index (χ0v) is 12.4. The highest BCUT2D eigenvalue weighted by atomic mass is 32.2. The fourth-order valence-corrected chi connectivity index (χ4v) is 2.99. The monoisotopic (exact) mass is 295 g/mol. The Morgan fingerprint density at radius 2 is 2.05 bits per heavy atom. The molecule has 0 aliphatic heterocycles. The SMILES string of the molecule is CCn1cc(S(=O)(=O)Nc2cccc(O)c2C)nc1C. The van der Waals surface area contributed by atoms with Crippen LogP contribution in [0.15, 0.2) is 29.4 Å². The van der Waals surface area contributed by atoms with Crippen molar-refractivity contribution in [1.82, 2.24) is 9.55 Å². The van der Waals surface area contributed by atoms with Crippen molar-refractivity contribution in [3.63, 3.8) is 0 Å². The van der Waals surface area contributed by atoms with Crippen LogP contribution in [0.2, 0.25) is 0 Å². The molecule has 6 nitrogen and oxygen atoms in total. The summed E-state index contributed by atoms with van der Waals surface area (Å²) in [6.45, 7) is 5.96. The zero-order valence-electron chi connectivity index (χ0n) is 11.6. The molecule has 0 fully saturated rings. The molecule has 0 radical (unpaired) electrons. The van der Waals surface area contributed by atoms with Crippen molar-refractivity contribution >= 4 is 15.7 Å². The third-order valence-corrected chi connectivity index (χ3v) is 4.36. The minimum absolute atomic E-state index is 0.0282. The van der Waals surface area contributed by atoms with Gasteiger partial charge in [0.25, 0.3) is 10.0 Å². The topological polar surface area (TPSA) is 84.2 Å². The van der Waals surface area contributed by atoms with Crippen molar-refractivity contribution in [2.75, 3.05) is 4.72 Å². The van der Waals surface area contributed by atoms with Gasteiger partial charge in [0.2, 0.25) is 0 Å². The number of aryl methyl sites for hydroxylation is 2. The van der Waals surface area contributed by atoms with Gasteiger partial charge in [-0.1, -0.05) is 6.07 Å². The number of nitrogens with zero attached hydrogens (tertiary/aromatic N) is 2. The number of anilines is 1. The van der Waals surface area contributed by atoms with Gasteiger partial charge >= 0.3 is 0 Å². The Bertz CT molecular complexity index is 735. The van der Waals surface area contributed by atoms with Crippen LogP contribution in [0.25, 0.3) is 0 Å². The maximum atomic E-state index is 12.3. The number of benzene rings is 1. The number of hydrogen-bond acceptors (Lipinski definition) is 4. The Morgan fingerprint density at radius 1 is 1.35 bits per heavy atom. The highest BCUT2D eigenvalue weighted by Crippen LogP contribution is 2.26. The summed E-state index contributed by atoms with van der Waals surface area (Å²) in [4.78, 5) is 4.05. The van der Waals surface area contributed by atoms with Crippen LogP contribution in [0, 0.1) is 13.8 Å². The van der Waals surface area contributed by atoms with Gasteiger partial charge < -0.3 is 9.67 Å². The van der Waals surface area contributed by atoms with Crippen LogP contribution in [-0.2, 0) is 16.6 Å². The van der Waals surface area contributed by atoms with E-state index in [0.717, 1.165) is 0 Å². The van der Waals surface area contributed by atoms with Crippen LogP contribution in [0.3, 0.4) is 0 Å². The van der Waals surface area contributed by atoms with E-state index < -0.39 is 10.0 Å². The molecule has 0 saturated carbocycles. The first-order chi connectivity index (χ1) is 9.35. The van der Waals surface area contributed by atoms with E-state index in [2.05, 4.69) is 9.71 Å². The van der Waals surface area contributed by atoms with Crippen LogP contribution in [0.1, 0.15) is 18.3 Å². The second-order valence-corrected chi connectivity index (χ2v) is 6.10. The van der Waals surface area contributed by atoms with Gasteiger partial charge in [-0.15, -0.1) is 0 Å². The lowest BCUT2D eigenvalue weighted by atomic mass is 10.2. The molecule has 2 rings (SSSR count). The average Bonchev–Trinajstić information content (AvgIpc) is 2.77. The van der Waals surface area contributed by atoms with Crippen molar-refractivity contribution in [2.24, 2.45) is 0 Å². The van der Waals surface area contributed by atoms with Crippen LogP contribution in [0.4, 0.5) is 5.69 Å². The molecule has 0 unspecified atom stereocenters. The standard InChI is InChI=1S/C13H17N3O3S/c1-4-16-8-13(14-10(16)3)20(18,19)15-11-6-5-7-12(17)9(11)2/h5-8,15,17H,4H2,1-3H3. The predicted octanol–water partition coefficient (Wildman–Crippen LogP) is 2.03. The number of phenols is 1. The molecular formula is C13H17N3O3S. The molecule has 0 aliphatic carbocycles. The highest BCUT2D eigenvalue weighted by molar-refractivity contribution is 7.92. The van der Waals surface area contributed by atoms with Gasteiger partial charge in [0, 0.05) is 18.3 Å². The molecule has 0 spiro atoms. The number of nitrogens with one attached hydrogen (secondary N) is 1. The summed E-state index contributed by atoms with van der Waals surface area (Å²) in [7, 11) is -3.76. The number of imidazole rings is 1. The average molecular weight is 295 g/mol. The summed E-state index contributed by atoms with van der Waals surface area (Å²) in [6.07, 6.45) is 1.50. The number of sulfonamides is 1. The Morgan fingerprint density at radius 3 is 2.65 bits per heavy atom. The summed E-state index contributed by atoms with van der Waals surface area (Å²) in [5.41, 5.74) is 0.816. The van der Waals surface area contributed by atoms with Crippen LogP contribution < -0.4 is 4.72 Å². The van der Waals surface area contributed by atoms with E-state index in [0.29, 0.717) is 23.6 Å². The molecule has 2 N–H and O–H groups in total. The summed E-state index contributed by atoms with van der Waals surface area (Å²) >= 11 is 0. The van der Waals surface area contributed by atoms with E-state index in [9.17, 15) is 13.5 Å². The lowest BCUT2D eigenvalue weighted by molar-refractivity contribution is 0.471. The first-order valence-electron chi connectivity index (χ1n) is 6.20. The molecule has 0 saturated heterocycles. The third-order valence-electron chi connectivity index (χ3n) is 3.12. The lowest BCUT2D eigenvalue weighted by Gasteiger charge is -2.09. The van der Waals surface area contributed by atoms with Crippen molar-refractivity contribution < 1.29 is 13.5 Å².